The Labute approximate surface area is 128 Å². The normalized spacial score (nSPS) is 31.6. The van der Waals surface area contributed by atoms with Crippen molar-refractivity contribution < 1.29 is 9.47 Å². The van der Waals surface area contributed by atoms with Gasteiger partial charge in [-0.3, -0.25) is 0 Å². The molecule has 3 heteroatoms. The number of hydrogen-bond acceptors (Lipinski definition) is 3. The van der Waals surface area contributed by atoms with Crippen molar-refractivity contribution in [3.05, 3.63) is 23.8 Å². The molecule has 1 aromatic rings. The van der Waals surface area contributed by atoms with Crippen LogP contribution in [0.4, 0.5) is 0 Å². The molecule has 116 valence electrons. The quantitative estimate of drug-likeness (QED) is 0.911. The Hall–Kier alpha value is -1.22. The number of ether oxygens (including phenoxy) is 2. The average molecular weight is 289 g/mol. The van der Waals surface area contributed by atoms with Gasteiger partial charge in [-0.05, 0) is 49.8 Å². The van der Waals surface area contributed by atoms with Crippen molar-refractivity contribution in [3.8, 4) is 11.5 Å². The number of likely N-dealkylation sites (N-methyl/N-ethyl adjacent to an activating group) is 1. The van der Waals surface area contributed by atoms with Gasteiger partial charge in [0.25, 0.3) is 0 Å². The van der Waals surface area contributed by atoms with Gasteiger partial charge in [0.1, 0.15) is 18.1 Å². The third-order valence-corrected chi connectivity index (χ3v) is 5.07. The first-order valence-corrected chi connectivity index (χ1v) is 8.34. The largest absolute Gasteiger partial charge is 0.491 e. The fraction of sp³-hybridized carbons (Fsp3) is 0.667. The van der Waals surface area contributed by atoms with Gasteiger partial charge < -0.3 is 14.8 Å². The van der Waals surface area contributed by atoms with Crippen LogP contribution in [0.3, 0.4) is 0 Å². The first kappa shape index (κ1) is 14.7. The SMILES string of the molecule is CCNC1COc2cc(OC3CCC(C)C(C)C3)ccc21. The number of nitrogens with one attached hydrogen (secondary N) is 1. The van der Waals surface area contributed by atoms with Crippen LogP contribution in [0.25, 0.3) is 0 Å². The fourth-order valence-corrected chi connectivity index (χ4v) is 3.48. The Bertz CT molecular complexity index is 488. The first-order valence-electron chi connectivity index (χ1n) is 8.34. The van der Waals surface area contributed by atoms with E-state index in [0.29, 0.717) is 12.1 Å². The Morgan fingerprint density at radius 3 is 2.86 bits per heavy atom. The number of fused-ring (bicyclic) bond motifs is 1. The minimum absolute atomic E-state index is 0.328. The predicted molar refractivity (Wildman–Crippen MR) is 84.9 cm³/mol. The summed E-state index contributed by atoms with van der Waals surface area (Å²) in [7, 11) is 0. The zero-order valence-electron chi connectivity index (χ0n) is 13.4. The summed E-state index contributed by atoms with van der Waals surface area (Å²) >= 11 is 0. The Kier molecular flexibility index (Phi) is 4.39. The molecule has 0 saturated heterocycles. The second-order valence-electron chi connectivity index (χ2n) is 6.63. The van der Waals surface area contributed by atoms with Crippen LogP contribution in [0.1, 0.15) is 51.6 Å². The van der Waals surface area contributed by atoms with Gasteiger partial charge in [-0.25, -0.2) is 0 Å². The van der Waals surface area contributed by atoms with Crippen LogP contribution in [0.2, 0.25) is 0 Å². The maximum Gasteiger partial charge on any atom is 0.128 e. The molecule has 4 atom stereocenters. The summed E-state index contributed by atoms with van der Waals surface area (Å²) in [6.07, 6.45) is 3.97. The summed E-state index contributed by atoms with van der Waals surface area (Å²) in [5.74, 6) is 3.52. The molecule has 21 heavy (non-hydrogen) atoms. The van der Waals surface area contributed by atoms with E-state index in [2.05, 4.69) is 44.3 Å². The molecule has 1 fully saturated rings. The molecule has 2 aliphatic rings. The Morgan fingerprint density at radius 1 is 1.24 bits per heavy atom. The molecule has 3 nitrogen and oxygen atoms in total. The summed E-state index contributed by atoms with van der Waals surface area (Å²) in [6, 6.07) is 6.64. The van der Waals surface area contributed by atoms with E-state index in [1.54, 1.807) is 0 Å². The van der Waals surface area contributed by atoms with E-state index in [1.807, 2.05) is 0 Å². The molecule has 1 aromatic carbocycles. The molecule has 1 aliphatic heterocycles. The van der Waals surface area contributed by atoms with Crippen molar-refractivity contribution in [1.29, 1.82) is 0 Å². The van der Waals surface area contributed by atoms with E-state index < -0.39 is 0 Å². The van der Waals surface area contributed by atoms with Crippen molar-refractivity contribution in [3.63, 3.8) is 0 Å². The van der Waals surface area contributed by atoms with Crippen molar-refractivity contribution in [2.45, 2.75) is 52.2 Å². The van der Waals surface area contributed by atoms with Gasteiger partial charge in [-0.2, -0.15) is 0 Å². The molecular weight excluding hydrogens is 262 g/mol. The molecule has 1 saturated carbocycles. The molecule has 1 N–H and O–H groups in total. The van der Waals surface area contributed by atoms with Crippen molar-refractivity contribution >= 4 is 0 Å². The first-order chi connectivity index (χ1) is 10.2. The summed E-state index contributed by atoms with van der Waals surface area (Å²) in [4.78, 5) is 0. The smallest absolute Gasteiger partial charge is 0.128 e. The molecule has 0 amide bonds. The summed E-state index contributed by atoms with van der Waals surface area (Å²) in [6.45, 7) is 8.51. The van der Waals surface area contributed by atoms with Gasteiger partial charge in [-0.15, -0.1) is 0 Å². The van der Waals surface area contributed by atoms with E-state index in [4.69, 9.17) is 9.47 Å². The van der Waals surface area contributed by atoms with E-state index in [-0.39, 0.29) is 0 Å². The van der Waals surface area contributed by atoms with Gasteiger partial charge in [0.15, 0.2) is 0 Å². The molecule has 0 aromatic heterocycles. The highest BCUT2D eigenvalue weighted by Gasteiger charge is 2.27. The highest BCUT2D eigenvalue weighted by molar-refractivity contribution is 5.45. The fourth-order valence-electron chi connectivity index (χ4n) is 3.48. The van der Waals surface area contributed by atoms with Crippen LogP contribution in [-0.4, -0.2) is 19.3 Å². The monoisotopic (exact) mass is 289 g/mol. The number of rotatable bonds is 4. The van der Waals surface area contributed by atoms with Gasteiger partial charge in [0.05, 0.1) is 12.1 Å². The van der Waals surface area contributed by atoms with Crippen LogP contribution in [-0.2, 0) is 0 Å². The minimum atomic E-state index is 0.328. The van der Waals surface area contributed by atoms with Crippen molar-refractivity contribution in [2.24, 2.45) is 11.8 Å². The molecular formula is C18H27NO2. The van der Waals surface area contributed by atoms with Crippen LogP contribution < -0.4 is 14.8 Å². The summed E-state index contributed by atoms with van der Waals surface area (Å²) in [5, 5.41) is 3.45. The topological polar surface area (TPSA) is 30.5 Å². The minimum Gasteiger partial charge on any atom is -0.491 e. The molecule has 3 rings (SSSR count). The second-order valence-corrected chi connectivity index (χ2v) is 6.63. The van der Waals surface area contributed by atoms with E-state index in [9.17, 15) is 0 Å². The van der Waals surface area contributed by atoms with Crippen LogP contribution in [0.5, 0.6) is 11.5 Å². The van der Waals surface area contributed by atoms with Crippen molar-refractivity contribution in [1.82, 2.24) is 5.32 Å². The molecule has 0 spiro atoms. The number of benzene rings is 1. The maximum absolute atomic E-state index is 6.19. The van der Waals surface area contributed by atoms with Gasteiger partial charge in [0, 0.05) is 11.6 Å². The highest BCUT2D eigenvalue weighted by atomic mass is 16.5. The van der Waals surface area contributed by atoms with E-state index in [0.717, 1.165) is 36.5 Å². The van der Waals surface area contributed by atoms with E-state index >= 15 is 0 Å². The molecule has 0 bridgehead atoms. The third-order valence-electron chi connectivity index (χ3n) is 5.07. The van der Waals surface area contributed by atoms with Crippen LogP contribution >= 0.6 is 0 Å². The average Bonchev–Trinajstić information content (AvgIpc) is 2.86. The lowest BCUT2D eigenvalue weighted by molar-refractivity contribution is 0.100. The van der Waals surface area contributed by atoms with E-state index in [1.165, 1.54) is 24.8 Å². The lowest BCUT2D eigenvalue weighted by Gasteiger charge is -2.32. The maximum atomic E-state index is 6.19. The zero-order chi connectivity index (χ0) is 14.8. The lowest BCUT2D eigenvalue weighted by Crippen LogP contribution is -2.28. The number of hydrogen-bond donors (Lipinski definition) is 1. The standard InChI is InChI=1S/C18H27NO2/c1-4-19-17-11-20-18-10-15(7-8-16(17)18)21-14-6-5-12(2)13(3)9-14/h7-8,10,12-14,17,19H,4-6,9,11H2,1-3H3. The van der Waals surface area contributed by atoms with Crippen LogP contribution in [0, 0.1) is 11.8 Å². The van der Waals surface area contributed by atoms with Gasteiger partial charge in [0.2, 0.25) is 0 Å². The predicted octanol–water partition coefficient (Wildman–Crippen LogP) is 3.93. The Morgan fingerprint density at radius 2 is 2.10 bits per heavy atom. The lowest BCUT2D eigenvalue weighted by atomic mass is 9.80. The molecule has 0 radical (unpaired) electrons. The summed E-state index contributed by atoms with van der Waals surface area (Å²) in [5.41, 5.74) is 1.26. The molecule has 4 unspecified atom stereocenters. The third kappa shape index (κ3) is 3.18. The van der Waals surface area contributed by atoms with Crippen molar-refractivity contribution in [2.75, 3.05) is 13.2 Å². The van der Waals surface area contributed by atoms with Gasteiger partial charge in [-0.1, -0.05) is 20.8 Å². The second kappa shape index (κ2) is 6.27. The molecule has 1 aliphatic carbocycles. The van der Waals surface area contributed by atoms with Crippen LogP contribution in [0.15, 0.2) is 18.2 Å². The Balaban J connectivity index is 1.65. The molecule has 1 heterocycles. The highest BCUT2D eigenvalue weighted by Crippen LogP contribution is 2.37. The van der Waals surface area contributed by atoms with Gasteiger partial charge >= 0.3 is 0 Å². The zero-order valence-corrected chi connectivity index (χ0v) is 13.4. The summed E-state index contributed by atoms with van der Waals surface area (Å²) < 4.78 is 12.0.